The van der Waals surface area contributed by atoms with E-state index in [4.69, 9.17) is 23.2 Å². The summed E-state index contributed by atoms with van der Waals surface area (Å²) in [4.78, 5) is 29.4. The molecule has 0 amide bonds. The minimum absolute atomic E-state index is 0.141. The van der Waals surface area contributed by atoms with Gasteiger partial charge in [-0.05, 0) is 69.3 Å². The summed E-state index contributed by atoms with van der Waals surface area (Å²) in [5.41, 5.74) is 12.2. The van der Waals surface area contributed by atoms with Crippen molar-refractivity contribution in [2.24, 2.45) is 0 Å². The summed E-state index contributed by atoms with van der Waals surface area (Å²) < 4.78 is 0. The summed E-state index contributed by atoms with van der Waals surface area (Å²) >= 11 is 12.4. The molecule has 3 nitrogen and oxygen atoms in total. The molecule has 42 heavy (non-hydrogen) atoms. The highest BCUT2D eigenvalue weighted by atomic mass is 35.5. The van der Waals surface area contributed by atoms with E-state index in [-0.39, 0.29) is 43.4 Å². The molecule has 4 aliphatic rings. The van der Waals surface area contributed by atoms with E-state index in [9.17, 15) is 9.59 Å². The summed E-state index contributed by atoms with van der Waals surface area (Å²) in [5.74, 6) is -0.636. The molecule has 1 aliphatic carbocycles. The Morgan fingerprint density at radius 1 is 0.571 bits per heavy atom. The van der Waals surface area contributed by atoms with Crippen LogP contribution in [0.15, 0.2) is 66.2 Å². The normalized spacial score (nSPS) is 19.0. The van der Waals surface area contributed by atoms with Crippen LogP contribution in [-0.2, 0) is 16.2 Å². The Kier molecular flexibility index (Phi) is 4.85. The molecule has 4 aromatic carbocycles. The second-order valence-electron chi connectivity index (χ2n) is 13.6. The van der Waals surface area contributed by atoms with Crippen LogP contribution in [0.3, 0.4) is 0 Å². The van der Waals surface area contributed by atoms with Gasteiger partial charge in [0.1, 0.15) is 0 Å². The molecule has 0 saturated heterocycles. The van der Waals surface area contributed by atoms with Gasteiger partial charge in [-0.3, -0.25) is 9.59 Å². The van der Waals surface area contributed by atoms with Crippen LogP contribution in [0.4, 0.5) is 17.1 Å². The van der Waals surface area contributed by atoms with Crippen molar-refractivity contribution < 1.29 is 9.59 Å². The van der Waals surface area contributed by atoms with Crippen LogP contribution in [0, 0.1) is 0 Å². The predicted molar refractivity (Wildman–Crippen MR) is 171 cm³/mol. The van der Waals surface area contributed by atoms with Gasteiger partial charge in [-0.1, -0.05) is 101 Å². The third-order valence-electron chi connectivity index (χ3n) is 10.3. The fourth-order valence-corrected chi connectivity index (χ4v) is 8.23. The zero-order chi connectivity index (χ0) is 29.7. The zero-order valence-corrected chi connectivity index (χ0v) is 25.9. The first-order chi connectivity index (χ1) is 19.8. The SMILES string of the molecule is CC1(C)c2cccc3c2N2c4c1cccc4C(C)(C)c1cc(C=C4C(=O)c5cc(Cl)c(Cl)cc5C4=O)cc(c12)C3(C)C. The Morgan fingerprint density at radius 2 is 0.929 bits per heavy atom. The van der Waals surface area contributed by atoms with Gasteiger partial charge in [0, 0.05) is 27.4 Å². The van der Waals surface area contributed by atoms with Crippen molar-refractivity contribution in [1.29, 1.82) is 0 Å². The average molecular weight is 591 g/mol. The molecule has 208 valence electrons. The van der Waals surface area contributed by atoms with Crippen molar-refractivity contribution in [3.63, 3.8) is 0 Å². The van der Waals surface area contributed by atoms with Crippen molar-refractivity contribution in [3.05, 3.63) is 126 Å². The molecule has 0 unspecified atom stereocenters. The molecule has 5 heteroatoms. The number of hydrogen-bond donors (Lipinski definition) is 0. The summed E-state index contributed by atoms with van der Waals surface area (Å²) in [7, 11) is 0. The molecular formula is C37H29Cl2NO2. The number of nitrogens with zero attached hydrogens (tertiary/aromatic N) is 1. The van der Waals surface area contributed by atoms with Gasteiger partial charge >= 0.3 is 0 Å². The molecule has 0 N–H and O–H groups in total. The molecule has 4 aromatic rings. The second kappa shape index (κ2) is 7.83. The highest BCUT2D eigenvalue weighted by Crippen LogP contribution is 2.66. The molecule has 0 bridgehead atoms. The zero-order valence-electron chi connectivity index (χ0n) is 24.4. The topological polar surface area (TPSA) is 37.4 Å². The van der Waals surface area contributed by atoms with Gasteiger partial charge in [0.15, 0.2) is 11.6 Å². The Hall–Kier alpha value is -3.66. The van der Waals surface area contributed by atoms with E-state index in [0.29, 0.717) is 11.1 Å². The fraction of sp³-hybridized carbons (Fsp3) is 0.243. The standard InChI is InChI=1S/C37H29Cl2NO2/c1-35(2)22-9-7-11-24-30(22)40-31-23(35)10-8-12-25(31)37(5,6)27-15-18(14-26(32(27)40)36(24,3)4)13-21-33(41)19-16-28(38)29(39)17-20(19)34(21)42/h7-17H,1-6H3. The molecule has 8 rings (SSSR count). The first-order valence-electron chi connectivity index (χ1n) is 14.3. The van der Waals surface area contributed by atoms with Gasteiger partial charge < -0.3 is 4.90 Å². The van der Waals surface area contributed by atoms with E-state index in [2.05, 4.69) is 95.0 Å². The van der Waals surface area contributed by atoms with E-state index in [1.807, 2.05) is 0 Å². The lowest BCUT2D eigenvalue weighted by molar-refractivity contribution is 0.0990. The number of carbonyl (C=O) groups excluding carboxylic acids is 2. The number of benzene rings is 4. The first-order valence-corrected chi connectivity index (χ1v) is 15.1. The summed E-state index contributed by atoms with van der Waals surface area (Å²) in [6.45, 7) is 13.8. The highest BCUT2D eigenvalue weighted by molar-refractivity contribution is 6.46. The minimum Gasteiger partial charge on any atom is -0.309 e. The number of carbonyl (C=O) groups is 2. The van der Waals surface area contributed by atoms with E-state index in [1.54, 1.807) is 6.08 Å². The third kappa shape index (κ3) is 2.94. The number of halogens is 2. The van der Waals surface area contributed by atoms with E-state index >= 15 is 0 Å². The Bertz CT molecular complexity index is 1890. The van der Waals surface area contributed by atoms with Gasteiger partial charge in [0.2, 0.25) is 0 Å². The maximum atomic E-state index is 13.5. The largest absolute Gasteiger partial charge is 0.309 e. The Labute approximate surface area is 255 Å². The lowest BCUT2D eigenvalue weighted by Crippen LogP contribution is -2.43. The summed E-state index contributed by atoms with van der Waals surface area (Å²) in [6.07, 6.45) is 1.76. The molecule has 0 aromatic heterocycles. The minimum atomic E-state index is -0.318. The molecule has 0 fully saturated rings. The second-order valence-corrected chi connectivity index (χ2v) is 14.4. The smallest absolute Gasteiger partial charge is 0.197 e. The predicted octanol–water partition coefficient (Wildman–Crippen LogP) is 9.84. The fourth-order valence-electron chi connectivity index (χ4n) is 7.90. The van der Waals surface area contributed by atoms with Crippen molar-refractivity contribution in [1.82, 2.24) is 0 Å². The van der Waals surface area contributed by atoms with Gasteiger partial charge in [-0.2, -0.15) is 0 Å². The molecule has 0 radical (unpaired) electrons. The lowest BCUT2D eigenvalue weighted by Gasteiger charge is -2.55. The maximum absolute atomic E-state index is 13.5. The number of rotatable bonds is 1. The molecule has 0 spiro atoms. The molecule has 0 atom stereocenters. The van der Waals surface area contributed by atoms with Crippen LogP contribution in [-0.4, -0.2) is 11.6 Å². The van der Waals surface area contributed by atoms with Crippen molar-refractivity contribution in [2.45, 2.75) is 57.8 Å². The molecular weight excluding hydrogens is 561 g/mol. The number of allylic oxidation sites excluding steroid dienone is 1. The van der Waals surface area contributed by atoms with Gasteiger partial charge in [0.05, 0.1) is 32.7 Å². The summed E-state index contributed by atoms with van der Waals surface area (Å²) in [6, 6.07) is 20.8. The average Bonchev–Trinajstić information content (AvgIpc) is 3.16. The number of para-hydroxylation sites is 2. The van der Waals surface area contributed by atoms with Gasteiger partial charge in [-0.15, -0.1) is 0 Å². The Morgan fingerprint density at radius 3 is 1.33 bits per heavy atom. The van der Waals surface area contributed by atoms with Gasteiger partial charge in [0.25, 0.3) is 0 Å². The van der Waals surface area contributed by atoms with Crippen LogP contribution in [0.2, 0.25) is 10.0 Å². The first kappa shape index (κ1) is 26.0. The number of anilines is 3. The van der Waals surface area contributed by atoms with Gasteiger partial charge in [-0.25, -0.2) is 0 Å². The van der Waals surface area contributed by atoms with Crippen LogP contribution in [0.1, 0.15) is 101 Å². The van der Waals surface area contributed by atoms with Crippen LogP contribution in [0.5, 0.6) is 0 Å². The summed E-state index contributed by atoms with van der Waals surface area (Å²) in [5, 5.41) is 0.528. The number of Topliss-reactive ketones (excluding diaryl/α,β-unsaturated/α-hetero) is 2. The quantitative estimate of drug-likeness (QED) is 0.164. The van der Waals surface area contributed by atoms with E-state index in [0.717, 1.165) is 5.56 Å². The Balaban J connectivity index is 1.42. The van der Waals surface area contributed by atoms with Crippen LogP contribution < -0.4 is 4.90 Å². The number of ketones is 2. The monoisotopic (exact) mass is 589 g/mol. The van der Waals surface area contributed by atoms with Crippen LogP contribution >= 0.6 is 23.2 Å². The van der Waals surface area contributed by atoms with E-state index in [1.165, 1.54) is 62.6 Å². The third-order valence-corrected chi connectivity index (χ3v) is 11.0. The lowest BCUT2D eigenvalue weighted by atomic mass is 9.60. The number of hydrogen-bond acceptors (Lipinski definition) is 3. The van der Waals surface area contributed by atoms with E-state index < -0.39 is 0 Å². The molecule has 3 aliphatic heterocycles. The molecule has 0 saturated carbocycles. The van der Waals surface area contributed by atoms with Crippen molar-refractivity contribution >= 4 is 57.9 Å². The molecule has 3 heterocycles. The highest BCUT2D eigenvalue weighted by Gasteiger charge is 2.51. The van der Waals surface area contributed by atoms with Crippen molar-refractivity contribution in [2.75, 3.05) is 4.90 Å². The van der Waals surface area contributed by atoms with Crippen LogP contribution in [0.25, 0.3) is 6.08 Å². The maximum Gasteiger partial charge on any atom is 0.197 e. The number of fused-ring (bicyclic) bond motifs is 1. The van der Waals surface area contributed by atoms with Crippen molar-refractivity contribution in [3.8, 4) is 0 Å².